The van der Waals surface area contributed by atoms with Crippen molar-refractivity contribution in [1.82, 2.24) is 4.98 Å². The van der Waals surface area contributed by atoms with Gasteiger partial charge in [-0.25, -0.2) is 14.4 Å². The summed E-state index contributed by atoms with van der Waals surface area (Å²) in [5.74, 6) is -2.90. The number of carboxylic acid groups (broad SMARTS) is 1. The van der Waals surface area contributed by atoms with Gasteiger partial charge in [0.05, 0.1) is 25.4 Å². The van der Waals surface area contributed by atoms with Crippen molar-refractivity contribution in [3.8, 4) is 0 Å². The molecule has 0 spiro atoms. The first-order valence-electron chi connectivity index (χ1n) is 6.79. The Bertz CT molecular complexity index is 562. The minimum Gasteiger partial charge on any atom is -0.477 e. The van der Waals surface area contributed by atoms with E-state index >= 15 is 0 Å². The Morgan fingerprint density at radius 2 is 1.64 bits per heavy atom. The molecule has 0 aromatic carbocycles. The molecule has 0 amide bonds. The number of H-pyrrole nitrogens is 1. The molecule has 0 unspecified atom stereocenters. The molecule has 122 valence electrons. The Kier molecular flexibility index (Phi) is 6.58. The number of hydrogen-bond donors (Lipinski definition) is 2. The van der Waals surface area contributed by atoms with E-state index < -0.39 is 23.6 Å². The number of aromatic carboxylic acids is 1. The van der Waals surface area contributed by atoms with Gasteiger partial charge in [-0.3, -0.25) is 0 Å². The summed E-state index contributed by atoms with van der Waals surface area (Å²) in [5.41, 5.74) is -0.419. The zero-order valence-electron chi connectivity index (χ0n) is 12.7. The molecular weight excluding hydrogens is 294 g/mol. The van der Waals surface area contributed by atoms with Gasteiger partial charge < -0.3 is 24.3 Å². The summed E-state index contributed by atoms with van der Waals surface area (Å²) >= 11 is 0. The number of esters is 2. The number of carboxylic acids is 1. The van der Waals surface area contributed by atoms with Crippen LogP contribution in [-0.4, -0.2) is 54.9 Å². The molecule has 0 aliphatic heterocycles. The molecule has 8 nitrogen and oxygen atoms in total. The van der Waals surface area contributed by atoms with E-state index in [0.717, 1.165) is 0 Å². The number of nitrogens with one attached hydrogen (secondary N) is 1. The van der Waals surface area contributed by atoms with Crippen molar-refractivity contribution in [1.29, 1.82) is 0 Å². The van der Waals surface area contributed by atoms with E-state index in [4.69, 9.17) is 14.2 Å². The van der Waals surface area contributed by atoms with Crippen LogP contribution in [0.25, 0.3) is 0 Å². The molecule has 0 saturated heterocycles. The lowest BCUT2D eigenvalue weighted by atomic mass is 10.1. The minimum atomic E-state index is -1.36. The smallest absolute Gasteiger partial charge is 0.355 e. The fourth-order valence-corrected chi connectivity index (χ4v) is 1.96. The summed E-state index contributed by atoms with van der Waals surface area (Å²) in [5, 5.41) is 9.24. The highest BCUT2D eigenvalue weighted by Gasteiger charge is 2.30. The molecule has 1 heterocycles. The van der Waals surface area contributed by atoms with E-state index in [9.17, 15) is 19.5 Å². The van der Waals surface area contributed by atoms with E-state index in [1.54, 1.807) is 13.8 Å². The van der Waals surface area contributed by atoms with Crippen molar-refractivity contribution in [2.75, 3.05) is 26.9 Å². The number of carbonyl (C=O) groups is 3. The molecule has 0 atom stereocenters. The molecule has 1 aromatic heterocycles. The third-order valence-corrected chi connectivity index (χ3v) is 2.83. The SMILES string of the molecule is CCOC(=O)c1[nH]c(C(=O)O)c(C(=O)OCC)c1CCOC. The van der Waals surface area contributed by atoms with Gasteiger partial charge in [-0.15, -0.1) is 0 Å². The lowest BCUT2D eigenvalue weighted by molar-refractivity contribution is 0.0511. The largest absolute Gasteiger partial charge is 0.477 e. The van der Waals surface area contributed by atoms with Crippen molar-refractivity contribution in [3.63, 3.8) is 0 Å². The van der Waals surface area contributed by atoms with Gasteiger partial charge in [-0.05, 0) is 20.3 Å². The molecule has 0 aliphatic rings. The first kappa shape index (κ1) is 17.7. The van der Waals surface area contributed by atoms with Gasteiger partial charge in [-0.2, -0.15) is 0 Å². The highest BCUT2D eigenvalue weighted by atomic mass is 16.5. The van der Waals surface area contributed by atoms with Gasteiger partial charge in [0.2, 0.25) is 0 Å². The van der Waals surface area contributed by atoms with Gasteiger partial charge in [0.1, 0.15) is 11.4 Å². The summed E-state index contributed by atoms with van der Waals surface area (Å²) in [6.45, 7) is 3.64. The van der Waals surface area contributed by atoms with Gasteiger partial charge in [0, 0.05) is 12.7 Å². The van der Waals surface area contributed by atoms with Crippen molar-refractivity contribution in [2.45, 2.75) is 20.3 Å². The molecule has 22 heavy (non-hydrogen) atoms. The minimum absolute atomic E-state index is 0.0700. The number of aromatic amines is 1. The molecule has 0 aliphatic carbocycles. The van der Waals surface area contributed by atoms with Gasteiger partial charge in [0.25, 0.3) is 0 Å². The number of ether oxygens (including phenoxy) is 3. The lowest BCUT2D eigenvalue weighted by Gasteiger charge is -2.07. The van der Waals surface area contributed by atoms with E-state index in [1.807, 2.05) is 0 Å². The number of rotatable bonds is 8. The maximum atomic E-state index is 12.0. The second kappa shape index (κ2) is 8.18. The predicted octanol–water partition coefficient (Wildman–Crippen LogP) is 1.26. The fourth-order valence-electron chi connectivity index (χ4n) is 1.96. The number of carbonyl (C=O) groups excluding carboxylic acids is 2. The fraction of sp³-hybridized carbons (Fsp3) is 0.500. The van der Waals surface area contributed by atoms with Crippen molar-refractivity contribution >= 4 is 17.9 Å². The van der Waals surface area contributed by atoms with Crippen LogP contribution in [0.2, 0.25) is 0 Å². The first-order chi connectivity index (χ1) is 10.5. The average molecular weight is 313 g/mol. The molecule has 0 fully saturated rings. The van der Waals surface area contributed by atoms with E-state index in [-0.39, 0.29) is 43.1 Å². The molecule has 8 heteroatoms. The van der Waals surface area contributed by atoms with Crippen LogP contribution >= 0.6 is 0 Å². The Balaban J connectivity index is 3.43. The van der Waals surface area contributed by atoms with Crippen molar-refractivity contribution in [2.24, 2.45) is 0 Å². The molecule has 1 rings (SSSR count). The van der Waals surface area contributed by atoms with Crippen LogP contribution in [0.5, 0.6) is 0 Å². The quantitative estimate of drug-likeness (QED) is 0.694. The Morgan fingerprint density at radius 1 is 1.05 bits per heavy atom. The molecule has 1 aromatic rings. The summed E-state index contributed by atoms with van der Waals surface area (Å²) in [6, 6.07) is 0. The molecular formula is C14H19NO7. The zero-order valence-corrected chi connectivity index (χ0v) is 12.7. The van der Waals surface area contributed by atoms with E-state index in [0.29, 0.717) is 0 Å². The average Bonchev–Trinajstić information content (AvgIpc) is 2.85. The normalized spacial score (nSPS) is 10.3. The Labute approximate surface area is 127 Å². The maximum absolute atomic E-state index is 12.0. The summed E-state index contributed by atoms with van der Waals surface area (Å²) in [4.78, 5) is 37.8. The topological polar surface area (TPSA) is 115 Å². The number of methoxy groups -OCH3 is 1. The first-order valence-corrected chi connectivity index (χ1v) is 6.79. The lowest BCUT2D eigenvalue weighted by Crippen LogP contribution is -2.14. The highest BCUT2D eigenvalue weighted by Crippen LogP contribution is 2.22. The number of aromatic nitrogens is 1. The third kappa shape index (κ3) is 3.85. The molecule has 2 N–H and O–H groups in total. The predicted molar refractivity (Wildman–Crippen MR) is 75.2 cm³/mol. The molecule has 0 saturated carbocycles. The summed E-state index contributed by atoms with van der Waals surface area (Å²) in [7, 11) is 1.46. The van der Waals surface area contributed by atoms with Crippen LogP contribution < -0.4 is 0 Å². The van der Waals surface area contributed by atoms with Crippen LogP contribution in [0.3, 0.4) is 0 Å². The van der Waals surface area contributed by atoms with Gasteiger partial charge >= 0.3 is 17.9 Å². The Morgan fingerprint density at radius 3 is 2.14 bits per heavy atom. The van der Waals surface area contributed by atoms with Crippen LogP contribution in [0.1, 0.15) is 50.7 Å². The van der Waals surface area contributed by atoms with E-state index in [2.05, 4.69) is 4.98 Å². The van der Waals surface area contributed by atoms with Gasteiger partial charge in [0.15, 0.2) is 0 Å². The molecule has 0 radical (unpaired) electrons. The Hall–Kier alpha value is -2.35. The standard InChI is InChI=1S/C14H19NO7/c1-4-21-13(18)9-8(6-7-20-3)10(14(19)22-5-2)15-11(9)12(16)17/h15H,4-7H2,1-3H3,(H,16,17). The van der Waals surface area contributed by atoms with Crippen LogP contribution in [-0.2, 0) is 20.6 Å². The van der Waals surface area contributed by atoms with Crippen LogP contribution in [0.15, 0.2) is 0 Å². The third-order valence-electron chi connectivity index (χ3n) is 2.83. The monoisotopic (exact) mass is 313 g/mol. The molecule has 0 bridgehead atoms. The highest BCUT2D eigenvalue weighted by molar-refractivity contribution is 6.06. The number of hydrogen-bond acceptors (Lipinski definition) is 6. The summed E-state index contributed by atoms with van der Waals surface area (Å²) < 4.78 is 14.7. The summed E-state index contributed by atoms with van der Waals surface area (Å²) in [6.07, 6.45) is 0.169. The van der Waals surface area contributed by atoms with Crippen LogP contribution in [0, 0.1) is 0 Å². The van der Waals surface area contributed by atoms with Gasteiger partial charge in [-0.1, -0.05) is 0 Å². The van der Waals surface area contributed by atoms with E-state index in [1.165, 1.54) is 7.11 Å². The van der Waals surface area contributed by atoms with Crippen LogP contribution in [0.4, 0.5) is 0 Å². The van der Waals surface area contributed by atoms with Crippen molar-refractivity contribution in [3.05, 3.63) is 22.5 Å². The zero-order chi connectivity index (χ0) is 16.7. The van der Waals surface area contributed by atoms with Crippen molar-refractivity contribution < 1.29 is 33.7 Å². The second-order valence-electron chi connectivity index (χ2n) is 4.22. The second-order valence-corrected chi connectivity index (χ2v) is 4.22. The maximum Gasteiger partial charge on any atom is 0.355 e.